The van der Waals surface area contributed by atoms with Crippen LogP contribution in [0.15, 0.2) is 18.2 Å². The van der Waals surface area contributed by atoms with Crippen LogP contribution in [0.3, 0.4) is 0 Å². The first-order valence-electron chi connectivity index (χ1n) is 6.14. The number of carbonyl (C=O) groups excluding carboxylic acids is 1. The molecule has 0 saturated heterocycles. The van der Waals surface area contributed by atoms with Crippen molar-refractivity contribution in [2.45, 2.75) is 18.3 Å². The number of halogens is 4. The molecule has 3 N–H and O–H groups in total. The average molecular weight is 323 g/mol. The van der Waals surface area contributed by atoms with Gasteiger partial charge in [-0.1, -0.05) is 29.3 Å². The van der Waals surface area contributed by atoms with Crippen LogP contribution in [0, 0.1) is 5.92 Å². The van der Waals surface area contributed by atoms with Crippen molar-refractivity contribution in [3.63, 3.8) is 0 Å². The van der Waals surface area contributed by atoms with E-state index < -0.39 is 24.9 Å². The Labute approximate surface area is 125 Å². The lowest BCUT2D eigenvalue weighted by Crippen LogP contribution is -2.42. The van der Waals surface area contributed by atoms with Gasteiger partial charge in [-0.15, -0.1) is 0 Å². The third-order valence-corrected chi connectivity index (χ3v) is 3.87. The van der Waals surface area contributed by atoms with Crippen LogP contribution in [0.2, 0.25) is 10.0 Å². The van der Waals surface area contributed by atoms with Gasteiger partial charge in [-0.25, -0.2) is 8.78 Å². The predicted octanol–water partition coefficient (Wildman–Crippen LogP) is 2.81. The lowest BCUT2D eigenvalue weighted by molar-refractivity contribution is -0.124. The number of rotatable bonds is 5. The van der Waals surface area contributed by atoms with E-state index in [1.165, 1.54) is 0 Å². The molecule has 0 bridgehead atoms. The molecule has 0 spiro atoms. The summed E-state index contributed by atoms with van der Waals surface area (Å²) in [5.41, 5.74) is 5.73. The van der Waals surface area contributed by atoms with E-state index in [0.29, 0.717) is 16.5 Å². The van der Waals surface area contributed by atoms with Crippen LogP contribution in [0.4, 0.5) is 8.78 Å². The number of amides is 1. The monoisotopic (exact) mass is 322 g/mol. The van der Waals surface area contributed by atoms with Crippen molar-refractivity contribution in [1.29, 1.82) is 0 Å². The number of hydrogen-bond acceptors (Lipinski definition) is 2. The fourth-order valence-corrected chi connectivity index (χ4v) is 2.60. The summed E-state index contributed by atoms with van der Waals surface area (Å²) in [5.74, 6) is -3.82. The Bertz CT molecular complexity index is 525. The molecular formula is C13H14Cl2F2N2O. The molecule has 3 nitrogen and oxygen atoms in total. The van der Waals surface area contributed by atoms with Gasteiger partial charge in [-0.2, -0.15) is 0 Å². The summed E-state index contributed by atoms with van der Waals surface area (Å²) in [6.07, 6.45) is 0.599. The molecule has 1 aromatic carbocycles. The summed E-state index contributed by atoms with van der Waals surface area (Å²) in [6.45, 7) is -1.52. The van der Waals surface area contributed by atoms with Gasteiger partial charge in [0.2, 0.25) is 5.91 Å². The van der Waals surface area contributed by atoms with Crippen LogP contribution in [-0.2, 0) is 4.79 Å². The molecule has 110 valence electrons. The highest BCUT2D eigenvalue weighted by Gasteiger charge is 2.45. The third kappa shape index (κ3) is 3.59. The summed E-state index contributed by atoms with van der Waals surface area (Å²) in [6, 6.07) is 5.06. The molecule has 2 atom stereocenters. The zero-order valence-corrected chi connectivity index (χ0v) is 12.0. The molecule has 2 rings (SSSR count). The maximum Gasteiger partial charge on any atom is 0.277 e. The van der Waals surface area contributed by atoms with E-state index in [0.717, 1.165) is 5.56 Å². The molecule has 0 aliphatic heterocycles. The molecule has 7 heteroatoms. The minimum Gasteiger partial charge on any atom is -0.350 e. The van der Waals surface area contributed by atoms with Crippen molar-refractivity contribution in [3.05, 3.63) is 33.8 Å². The first-order valence-corrected chi connectivity index (χ1v) is 6.90. The van der Waals surface area contributed by atoms with Crippen LogP contribution in [0.5, 0.6) is 0 Å². The van der Waals surface area contributed by atoms with E-state index in [9.17, 15) is 13.6 Å². The summed E-state index contributed by atoms with van der Waals surface area (Å²) < 4.78 is 25.9. The second kappa shape index (κ2) is 5.84. The molecule has 0 aromatic heterocycles. The molecule has 1 saturated carbocycles. The Morgan fingerprint density at radius 3 is 2.75 bits per heavy atom. The van der Waals surface area contributed by atoms with E-state index in [-0.39, 0.29) is 11.8 Å². The van der Waals surface area contributed by atoms with Gasteiger partial charge in [0.25, 0.3) is 5.92 Å². The highest BCUT2D eigenvalue weighted by molar-refractivity contribution is 6.35. The molecule has 0 radical (unpaired) electrons. The molecule has 1 aliphatic rings. The minimum atomic E-state index is -3.07. The standard InChI is InChI=1S/C13H14Cl2F2N2O/c14-7-1-2-8(11(15)3-7)9-4-10(9)12(20)19-6-13(16,17)5-18/h1-3,9-10H,4-6,18H2,(H,19,20). The van der Waals surface area contributed by atoms with Gasteiger partial charge >= 0.3 is 0 Å². The van der Waals surface area contributed by atoms with E-state index in [1.807, 2.05) is 0 Å². The Kier molecular flexibility index (Phi) is 4.52. The average Bonchev–Trinajstić information content (AvgIpc) is 3.16. The number of nitrogens with one attached hydrogen (secondary N) is 1. The van der Waals surface area contributed by atoms with Crippen LogP contribution in [0.25, 0.3) is 0 Å². The molecular weight excluding hydrogens is 309 g/mol. The van der Waals surface area contributed by atoms with Gasteiger partial charge < -0.3 is 11.1 Å². The molecule has 2 unspecified atom stereocenters. The zero-order chi connectivity index (χ0) is 14.9. The SMILES string of the molecule is NCC(F)(F)CNC(=O)C1CC1c1ccc(Cl)cc1Cl. The van der Waals surface area contributed by atoms with Crippen molar-refractivity contribution in [2.75, 3.05) is 13.1 Å². The van der Waals surface area contributed by atoms with Crippen molar-refractivity contribution in [1.82, 2.24) is 5.32 Å². The second-order valence-electron chi connectivity index (χ2n) is 4.89. The normalized spacial score (nSPS) is 21.6. The van der Waals surface area contributed by atoms with Crippen molar-refractivity contribution >= 4 is 29.1 Å². The van der Waals surface area contributed by atoms with Gasteiger partial charge in [-0.05, 0) is 30.0 Å². The van der Waals surface area contributed by atoms with Crippen molar-refractivity contribution in [3.8, 4) is 0 Å². The van der Waals surface area contributed by atoms with Crippen LogP contribution in [-0.4, -0.2) is 24.9 Å². The quantitative estimate of drug-likeness (QED) is 0.875. The van der Waals surface area contributed by atoms with Crippen molar-refractivity contribution in [2.24, 2.45) is 11.7 Å². The number of nitrogens with two attached hydrogens (primary N) is 1. The Balaban J connectivity index is 1.93. The van der Waals surface area contributed by atoms with Gasteiger partial charge in [0.15, 0.2) is 0 Å². The molecule has 1 amide bonds. The molecule has 1 fully saturated rings. The van der Waals surface area contributed by atoms with Crippen LogP contribution >= 0.6 is 23.2 Å². The number of carbonyl (C=O) groups is 1. The molecule has 1 aromatic rings. The molecule has 0 heterocycles. The lowest BCUT2D eigenvalue weighted by Gasteiger charge is -2.14. The summed E-state index contributed by atoms with van der Waals surface area (Å²) in [5, 5.41) is 3.24. The maximum absolute atomic E-state index is 13.0. The fraction of sp³-hybridized carbons (Fsp3) is 0.462. The van der Waals surface area contributed by atoms with E-state index in [2.05, 4.69) is 5.32 Å². The molecule has 20 heavy (non-hydrogen) atoms. The van der Waals surface area contributed by atoms with E-state index in [4.69, 9.17) is 28.9 Å². The van der Waals surface area contributed by atoms with E-state index >= 15 is 0 Å². The van der Waals surface area contributed by atoms with Gasteiger partial charge in [0.05, 0.1) is 13.1 Å². The maximum atomic E-state index is 13.0. The largest absolute Gasteiger partial charge is 0.350 e. The first-order chi connectivity index (χ1) is 9.34. The fourth-order valence-electron chi connectivity index (χ4n) is 2.05. The number of hydrogen-bond donors (Lipinski definition) is 2. The summed E-state index contributed by atoms with van der Waals surface area (Å²) in [4.78, 5) is 11.8. The smallest absolute Gasteiger partial charge is 0.277 e. The second-order valence-corrected chi connectivity index (χ2v) is 5.74. The number of benzene rings is 1. The predicted molar refractivity (Wildman–Crippen MR) is 74.3 cm³/mol. The zero-order valence-electron chi connectivity index (χ0n) is 10.5. The van der Waals surface area contributed by atoms with Gasteiger partial charge in [-0.3, -0.25) is 4.79 Å². The van der Waals surface area contributed by atoms with Crippen molar-refractivity contribution < 1.29 is 13.6 Å². The topological polar surface area (TPSA) is 55.1 Å². The molecule has 1 aliphatic carbocycles. The minimum absolute atomic E-state index is 0.0359. The summed E-state index contributed by atoms with van der Waals surface area (Å²) >= 11 is 11.9. The lowest BCUT2D eigenvalue weighted by atomic mass is 10.1. The Morgan fingerprint density at radius 2 is 2.15 bits per heavy atom. The van der Waals surface area contributed by atoms with E-state index in [1.54, 1.807) is 18.2 Å². The summed E-state index contributed by atoms with van der Waals surface area (Å²) in [7, 11) is 0. The first kappa shape index (κ1) is 15.5. The Morgan fingerprint density at radius 1 is 1.45 bits per heavy atom. The third-order valence-electron chi connectivity index (χ3n) is 3.31. The van der Waals surface area contributed by atoms with Gasteiger partial charge in [0.1, 0.15) is 0 Å². The van der Waals surface area contributed by atoms with Crippen LogP contribution in [0.1, 0.15) is 17.9 Å². The van der Waals surface area contributed by atoms with Gasteiger partial charge in [0, 0.05) is 16.0 Å². The Hall–Kier alpha value is -0.910. The highest BCUT2D eigenvalue weighted by atomic mass is 35.5. The highest BCUT2D eigenvalue weighted by Crippen LogP contribution is 2.50. The van der Waals surface area contributed by atoms with Crippen LogP contribution < -0.4 is 11.1 Å². The number of alkyl halides is 2.